The molecule has 0 unspecified atom stereocenters. The quantitative estimate of drug-likeness (QED) is 0.174. The third-order valence-corrected chi connectivity index (χ3v) is 6.71. The molecule has 0 atom stereocenters. The molecule has 0 radical (unpaired) electrons. The molecule has 1 heteroatoms. The summed E-state index contributed by atoms with van der Waals surface area (Å²) in [6, 6.07) is 21.9. The molecule has 3 aromatic rings. The average Bonchev–Trinajstić information content (AvgIpc) is 2.92. The molecule has 0 nitrogen and oxygen atoms in total. The normalized spacial score (nSPS) is 10.4. The predicted octanol–water partition coefficient (Wildman–Crippen LogP) is 9.65. The Labute approximate surface area is 224 Å². The Kier molecular flexibility index (Phi) is 12.6. The number of rotatable bonds is 12. The van der Waals surface area contributed by atoms with Gasteiger partial charge in [-0.15, -0.1) is 0 Å². The van der Waals surface area contributed by atoms with Crippen LogP contribution in [0, 0.1) is 29.5 Å². The molecule has 0 aliphatic heterocycles. The van der Waals surface area contributed by atoms with Crippen LogP contribution in [0.25, 0.3) is 0 Å². The number of halogens is 1. The van der Waals surface area contributed by atoms with E-state index < -0.39 is 0 Å². The molecule has 0 aliphatic rings. The van der Waals surface area contributed by atoms with Crippen LogP contribution in [-0.2, 0) is 12.8 Å². The van der Waals surface area contributed by atoms with Gasteiger partial charge >= 0.3 is 0 Å². The molecule has 0 aromatic heterocycles. The van der Waals surface area contributed by atoms with Gasteiger partial charge in [0, 0.05) is 22.3 Å². The van der Waals surface area contributed by atoms with Crippen molar-refractivity contribution < 1.29 is 4.39 Å². The van der Waals surface area contributed by atoms with Gasteiger partial charge in [-0.25, -0.2) is 4.39 Å². The molecular formula is C36H41F. The zero-order valence-electron chi connectivity index (χ0n) is 22.7. The lowest BCUT2D eigenvalue weighted by Crippen LogP contribution is -1.92. The van der Waals surface area contributed by atoms with Crippen LogP contribution in [0.15, 0.2) is 66.7 Å². The number of hydrogen-bond acceptors (Lipinski definition) is 0. The molecule has 0 saturated heterocycles. The molecule has 0 aliphatic carbocycles. The second kappa shape index (κ2) is 16.5. The van der Waals surface area contributed by atoms with Crippen LogP contribution < -0.4 is 0 Å². The van der Waals surface area contributed by atoms with Crippen molar-refractivity contribution in [3.8, 4) is 23.7 Å². The van der Waals surface area contributed by atoms with Crippen LogP contribution in [-0.4, -0.2) is 0 Å². The Morgan fingerprint density at radius 3 is 1.43 bits per heavy atom. The lowest BCUT2D eigenvalue weighted by Gasteiger charge is -2.04. The molecule has 0 fully saturated rings. The average molecular weight is 493 g/mol. The number of hydrogen-bond donors (Lipinski definition) is 0. The van der Waals surface area contributed by atoms with E-state index in [2.05, 4.69) is 61.8 Å². The molecule has 0 amide bonds. The Morgan fingerprint density at radius 1 is 0.486 bits per heavy atom. The van der Waals surface area contributed by atoms with Gasteiger partial charge in [-0.2, -0.15) is 0 Å². The smallest absolute Gasteiger partial charge is 0.127 e. The fourth-order valence-corrected chi connectivity index (χ4v) is 4.36. The van der Waals surface area contributed by atoms with Crippen LogP contribution in [0.4, 0.5) is 4.39 Å². The minimum Gasteiger partial charge on any atom is -0.207 e. The molecule has 3 rings (SSSR count). The number of unbranched alkanes of at least 4 members (excludes halogenated alkanes) is 8. The number of aryl methyl sites for hydroxylation is 2. The molecular weight excluding hydrogens is 451 g/mol. The van der Waals surface area contributed by atoms with Crippen molar-refractivity contribution in [2.24, 2.45) is 0 Å². The highest BCUT2D eigenvalue weighted by atomic mass is 19.1. The fraction of sp³-hybridized carbons (Fsp3) is 0.389. The Morgan fingerprint density at radius 2 is 0.919 bits per heavy atom. The van der Waals surface area contributed by atoms with E-state index in [1.807, 2.05) is 36.4 Å². The van der Waals surface area contributed by atoms with E-state index in [1.165, 1.54) is 63.4 Å². The van der Waals surface area contributed by atoms with Crippen molar-refractivity contribution in [2.75, 3.05) is 0 Å². The highest BCUT2D eigenvalue weighted by Crippen LogP contribution is 2.15. The summed E-state index contributed by atoms with van der Waals surface area (Å²) < 4.78 is 14.5. The van der Waals surface area contributed by atoms with Gasteiger partial charge < -0.3 is 0 Å². The first-order chi connectivity index (χ1) is 18.2. The lowest BCUT2D eigenvalue weighted by molar-refractivity contribution is 0.587. The zero-order valence-corrected chi connectivity index (χ0v) is 22.7. The van der Waals surface area contributed by atoms with Crippen molar-refractivity contribution in [3.05, 3.63) is 106 Å². The summed E-state index contributed by atoms with van der Waals surface area (Å²) in [7, 11) is 0. The van der Waals surface area contributed by atoms with E-state index in [4.69, 9.17) is 0 Å². The maximum Gasteiger partial charge on any atom is 0.127 e. The fourth-order valence-electron chi connectivity index (χ4n) is 4.36. The molecule has 0 spiro atoms. The van der Waals surface area contributed by atoms with Gasteiger partial charge in [-0.3, -0.25) is 0 Å². The molecule has 0 N–H and O–H groups in total. The first kappa shape index (κ1) is 28.3. The van der Waals surface area contributed by atoms with Crippen LogP contribution >= 0.6 is 0 Å². The second-order valence-electron chi connectivity index (χ2n) is 9.91. The summed E-state index contributed by atoms with van der Waals surface area (Å²) in [4.78, 5) is 0. The monoisotopic (exact) mass is 492 g/mol. The second-order valence-corrected chi connectivity index (χ2v) is 9.91. The van der Waals surface area contributed by atoms with Gasteiger partial charge in [0.25, 0.3) is 0 Å². The van der Waals surface area contributed by atoms with Gasteiger partial charge in [-0.05, 0) is 85.3 Å². The lowest BCUT2D eigenvalue weighted by atomic mass is 10.0. The molecule has 0 bridgehead atoms. The Bertz CT molecular complexity index is 1190. The van der Waals surface area contributed by atoms with Gasteiger partial charge in [0.2, 0.25) is 0 Å². The molecule has 37 heavy (non-hydrogen) atoms. The third kappa shape index (κ3) is 10.7. The van der Waals surface area contributed by atoms with Crippen LogP contribution in [0.1, 0.15) is 111 Å². The predicted molar refractivity (Wildman–Crippen MR) is 156 cm³/mol. The first-order valence-electron chi connectivity index (χ1n) is 14.2. The van der Waals surface area contributed by atoms with Crippen LogP contribution in [0.2, 0.25) is 0 Å². The maximum absolute atomic E-state index is 14.5. The summed E-state index contributed by atoms with van der Waals surface area (Å²) in [5.41, 5.74) is 5.78. The molecule has 0 saturated carbocycles. The highest BCUT2D eigenvalue weighted by molar-refractivity contribution is 5.48. The van der Waals surface area contributed by atoms with Crippen LogP contribution in [0.5, 0.6) is 0 Å². The van der Waals surface area contributed by atoms with Gasteiger partial charge in [0.1, 0.15) is 5.82 Å². The summed E-state index contributed by atoms with van der Waals surface area (Å²) in [5.74, 6) is 12.6. The summed E-state index contributed by atoms with van der Waals surface area (Å²) >= 11 is 0. The van der Waals surface area contributed by atoms with Gasteiger partial charge in [-0.1, -0.05) is 107 Å². The SMILES string of the molecule is CCCCCCCc1ccc(C#Cc2ccc(C#Cc3ccc(CCCCCCC)c(F)c3)cc2)cc1. The van der Waals surface area contributed by atoms with Crippen LogP contribution in [0.3, 0.4) is 0 Å². The van der Waals surface area contributed by atoms with Crippen molar-refractivity contribution in [1.82, 2.24) is 0 Å². The minimum absolute atomic E-state index is 0.145. The van der Waals surface area contributed by atoms with E-state index in [9.17, 15) is 4.39 Å². The van der Waals surface area contributed by atoms with Crippen molar-refractivity contribution in [1.29, 1.82) is 0 Å². The van der Waals surface area contributed by atoms with Crippen molar-refractivity contribution in [3.63, 3.8) is 0 Å². The zero-order chi connectivity index (χ0) is 26.1. The van der Waals surface area contributed by atoms with Crippen molar-refractivity contribution in [2.45, 2.75) is 90.9 Å². The molecule has 0 heterocycles. The van der Waals surface area contributed by atoms with Gasteiger partial charge in [0.15, 0.2) is 0 Å². The summed E-state index contributed by atoms with van der Waals surface area (Å²) in [6.07, 6.45) is 14.4. The third-order valence-electron chi connectivity index (χ3n) is 6.71. The van der Waals surface area contributed by atoms with Crippen molar-refractivity contribution >= 4 is 0 Å². The van der Waals surface area contributed by atoms with E-state index in [0.717, 1.165) is 41.5 Å². The standard InChI is InChI=1S/C36H41F/c1-3-5-7-9-11-13-30-15-17-31(18-16-30)19-20-32-21-23-33(24-22-32)25-26-34-27-28-35(36(37)29-34)14-12-10-8-6-4-2/h15-18,21-24,27-29H,3-14H2,1-2H3. The first-order valence-corrected chi connectivity index (χ1v) is 14.2. The largest absolute Gasteiger partial charge is 0.207 e. The number of benzene rings is 3. The highest BCUT2D eigenvalue weighted by Gasteiger charge is 2.03. The van der Waals surface area contributed by atoms with E-state index in [0.29, 0.717) is 5.56 Å². The minimum atomic E-state index is -0.145. The topological polar surface area (TPSA) is 0 Å². The van der Waals surface area contributed by atoms with E-state index >= 15 is 0 Å². The Balaban J connectivity index is 1.50. The van der Waals surface area contributed by atoms with E-state index in [1.54, 1.807) is 6.07 Å². The molecule has 3 aromatic carbocycles. The Hall–Kier alpha value is -3.29. The molecule has 192 valence electrons. The summed E-state index contributed by atoms with van der Waals surface area (Å²) in [5, 5.41) is 0. The van der Waals surface area contributed by atoms with E-state index in [-0.39, 0.29) is 5.82 Å². The maximum atomic E-state index is 14.5. The van der Waals surface area contributed by atoms with Gasteiger partial charge in [0.05, 0.1) is 0 Å². The summed E-state index contributed by atoms with van der Waals surface area (Å²) in [6.45, 7) is 4.46.